The fraction of sp³-hybridized carbons (Fsp3) is 0.462. The maximum atomic E-state index is 11.7. The number of carbonyl (C=O) groups excluding carboxylic acids is 1. The summed E-state index contributed by atoms with van der Waals surface area (Å²) in [6.45, 7) is 2.71. The smallest absolute Gasteiger partial charge is 0.250 e. The normalized spacial score (nSPS) is 12.2. The van der Waals surface area contributed by atoms with Gasteiger partial charge in [0.25, 0.3) is 0 Å². The van der Waals surface area contributed by atoms with Gasteiger partial charge in [0.1, 0.15) is 6.61 Å². The van der Waals surface area contributed by atoms with Crippen LogP contribution in [0.2, 0.25) is 0 Å². The van der Waals surface area contributed by atoms with Crippen LogP contribution < -0.4 is 11.1 Å². The van der Waals surface area contributed by atoms with E-state index in [2.05, 4.69) is 5.32 Å². The molecular formula is C13H20N2O3. The van der Waals surface area contributed by atoms with E-state index >= 15 is 0 Å². The summed E-state index contributed by atoms with van der Waals surface area (Å²) in [5.41, 5.74) is 7.22. The zero-order valence-corrected chi connectivity index (χ0v) is 10.8. The molecule has 0 aromatic heterocycles. The average molecular weight is 252 g/mol. The minimum absolute atomic E-state index is 0.00341. The Bertz CT molecular complexity index is 382. The Morgan fingerprint density at radius 3 is 2.83 bits per heavy atom. The third kappa shape index (κ3) is 4.83. The average Bonchev–Trinajstić information content (AvgIpc) is 2.37. The molecule has 5 nitrogen and oxygen atoms in total. The third-order valence-electron chi connectivity index (χ3n) is 2.41. The monoisotopic (exact) mass is 252 g/mol. The van der Waals surface area contributed by atoms with Crippen molar-refractivity contribution in [1.82, 2.24) is 0 Å². The first-order valence-corrected chi connectivity index (χ1v) is 5.85. The van der Waals surface area contributed by atoms with E-state index in [0.717, 1.165) is 11.3 Å². The molecule has 0 aliphatic heterocycles. The van der Waals surface area contributed by atoms with Gasteiger partial charge in [-0.1, -0.05) is 18.2 Å². The molecule has 1 aromatic carbocycles. The van der Waals surface area contributed by atoms with Crippen molar-refractivity contribution in [2.24, 2.45) is 5.73 Å². The quantitative estimate of drug-likeness (QED) is 0.763. The largest absolute Gasteiger partial charge is 0.382 e. The first-order chi connectivity index (χ1) is 8.67. The van der Waals surface area contributed by atoms with Crippen molar-refractivity contribution >= 4 is 11.6 Å². The Morgan fingerprint density at radius 1 is 1.44 bits per heavy atom. The maximum Gasteiger partial charge on any atom is 0.250 e. The summed E-state index contributed by atoms with van der Waals surface area (Å²) in [6.07, 6.45) is -0.106. The molecule has 100 valence electrons. The van der Waals surface area contributed by atoms with Gasteiger partial charge in [0.2, 0.25) is 5.91 Å². The number of para-hydroxylation sites is 1. The van der Waals surface area contributed by atoms with E-state index in [1.165, 1.54) is 0 Å². The van der Waals surface area contributed by atoms with Gasteiger partial charge in [0, 0.05) is 19.3 Å². The Labute approximate surface area is 107 Å². The minimum Gasteiger partial charge on any atom is -0.382 e. The molecule has 5 heteroatoms. The van der Waals surface area contributed by atoms with Gasteiger partial charge in [0.15, 0.2) is 0 Å². The molecule has 18 heavy (non-hydrogen) atoms. The zero-order valence-electron chi connectivity index (χ0n) is 10.8. The van der Waals surface area contributed by atoms with E-state index in [4.69, 9.17) is 15.2 Å². The number of nitrogens with two attached hydrogens (primary N) is 1. The highest BCUT2D eigenvalue weighted by Crippen LogP contribution is 2.13. The lowest BCUT2D eigenvalue weighted by Gasteiger charge is -2.13. The van der Waals surface area contributed by atoms with Gasteiger partial charge in [-0.05, 0) is 18.6 Å². The second-order valence-corrected chi connectivity index (χ2v) is 3.99. The van der Waals surface area contributed by atoms with Crippen molar-refractivity contribution in [3.8, 4) is 0 Å². The lowest BCUT2D eigenvalue weighted by Crippen LogP contribution is -2.24. The summed E-state index contributed by atoms with van der Waals surface area (Å²) in [6, 6.07) is 7.43. The van der Waals surface area contributed by atoms with E-state index < -0.39 is 0 Å². The van der Waals surface area contributed by atoms with Gasteiger partial charge in [-0.3, -0.25) is 4.79 Å². The number of methoxy groups -OCH3 is 1. The highest BCUT2D eigenvalue weighted by molar-refractivity contribution is 5.92. The van der Waals surface area contributed by atoms with Gasteiger partial charge in [-0.15, -0.1) is 0 Å². The van der Waals surface area contributed by atoms with Gasteiger partial charge in [-0.25, -0.2) is 0 Å². The molecule has 3 N–H and O–H groups in total. The highest BCUT2D eigenvalue weighted by Gasteiger charge is 2.08. The standard InChI is InChI=1S/C13H20N2O3/c1-10(8-17-2)18-9-13(16)15-12-6-4-3-5-11(12)7-14/h3-6,10H,7-9,14H2,1-2H3,(H,15,16). The SMILES string of the molecule is COCC(C)OCC(=O)Nc1ccccc1CN. The van der Waals surface area contributed by atoms with E-state index in [9.17, 15) is 4.79 Å². The van der Waals surface area contributed by atoms with Gasteiger partial charge in [0.05, 0.1) is 12.7 Å². The van der Waals surface area contributed by atoms with Crippen LogP contribution in [-0.4, -0.2) is 32.3 Å². The van der Waals surface area contributed by atoms with Gasteiger partial charge < -0.3 is 20.5 Å². The summed E-state index contributed by atoms with van der Waals surface area (Å²) in [7, 11) is 1.59. The predicted molar refractivity (Wildman–Crippen MR) is 70.3 cm³/mol. The van der Waals surface area contributed by atoms with Crippen molar-refractivity contribution in [2.75, 3.05) is 25.6 Å². The molecule has 0 aliphatic rings. The molecule has 0 bridgehead atoms. The van der Waals surface area contributed by atoms with Gasteiger partial charge in [-0.2, -0.15) is 0 Å². The van der Waals surface area contributed by atoms with Crippen molar-refractivity contribution in [3.63, 3.8) is 0 Å². The molecule has 1 unspecified atom stereocenters. The second kappa shape index (κ2) is 7.81. The fourth-order valence-electron chi connectivity index (χ4n) is 1.51. The summed E-state index contributed by atoms with van der Waals surface area (Å²) < 4.78 is 10.2. The van der Waals surface area contributed by atoms with Crippen LogP contribution in [0.15, 0.2) is 24.3 Å². The molecule has 0 fully saturated rings. The fourth-order valence-corrected chi connectivity index (χ4v) is 1.51. The van der Waals surface area contributed by atoms with Crippen molar-refractivity contribution in [2.45, 2.75) is 19.6 Å². The minimum atomic E-state index is -0.196. The van der Waals surface area contributed by atoms with Crippen molar-refractivity contribution < 1.29 is 14.3 Å². The van der Waals surface area contributed by atoms with Crippen LogP contribution in [0.5, 0.6) is 0 Å². The molecule has 1 atom stereocenters. The Hall–Kier alpha value is -1.43. The molecule has 0 aliphatic carbocycles. The van der Waals surface area contributed by atoms with Crippen LogP contribution in [0.3, 0.4) is 0 Å². The topological polar surface area (TPSA) is 73.6 Å². The Kier molecular flexibility index (Phi) is 6.35. The third-order valence-corrected chi connectivity index (χ3v) is 2.41. The molecule has 1 rings (SSSR count). The van der Waals surface area contributed by atoms with Crippen LogP contribution in [-0.2, 0) is 20.8 Å². The summed E-state index contributed by atoms with van der Waals surface area (Å²) in [5.74, 6) is -0.196. The molecule has 0 heterocycles. The number of carbonyl (C=O) groups is 1. The predicted octanol–water partition coefficient (Wildman–Crippen LogP) is 1.14. The van der Waals surface area contributed by atoms with Crippen molar-refractivity contribution in [3.05, 3.63) is 29.8 Å². The van der Waals surface area contributed by atoms with E-state index in [1.54, 1.807) is 7.11 Å². The summed E-state index contributed by atoms with van der Waals surface area (Å²) in [4.78, 5) is 11.7. The van der Waals surface area contributed by atoms with E-state index in [1.807, 2.05) is 31.2 Å². The molecule has 1 aromatic rings. The van der Waals surface area contributed by atoms with E-state index in [-0.39, 0.29) is 18.6 Å². The lowest BCUT2D eigenvalue weighted by atomic mass is 10.2. The first-order valence-electron chi connectivity index (χ1n) is 5.85. The highest BCUT2D eigenvalue weighted by atomic mass is 16.5. The molecule has 1 amide bonds. The molecule has 0 radical (unpaired) electrons. The maximum absolute atomic E-state index is 11.7. The number of anilines is 1. The zero-order chi connectivity index (χ0) is 13.4. The number of rotatable bonds is 7. The first kappa shape index (κ1) is 14.6. The number of hydrogen-bond donors (Lipinski definition) is 2. The van der Waals surface area contributed by atoms with Crippen LogP contribution >= 0.6 is 0 Å². The molecule has 0 spiro atoms. The number of hydrogen-bond acceptors (Lipinski definition) is 4. The number of benzene rings is 1. The molecule has 0 saturated carbocycles. The number of nitrogens with one attached hydrogen (secondary N) is 1. The lowest BCUT2D eigenvalue weighted by molar-refractivity contribution is -0.123. The van der Waals surface area contributed by atoms with Crippen LogP contribution in [0.4, 0.5) is 5.69 Å². The van der Waals surface area contributed by atoms with Crippen LogP contribution in [0, 0.1) is 0 Å². The van der Waals surface area contributed by atoms with Crippen LogP contribution in [0.1, 0.15) is 12.5 Å². The number of ether oxygens (including phenoxy) is 2. The van der Waals surface area contributed by atoms with Gasteiger partial charge >= 0.3 is 0 Å². The Balaban J connectivity index is 2.44. The van der Waals surface area contributed by atoms with E-state index in [0.29, 0.717) is 13.2 Å². The number of amides is 1. The second-order valence-electron chi connectivity index (χ2n) is 3.99. The summed E-state index contributed by atoms with van der Waals surface area (Å²) >= 11 is 0. The molecule has 0 saturated heterocycles. The Morgan fingerprint density at radius 2 is 2.17 bits per heavy atom. The summed E-state index contributed by atoms with van der Waals surface area (Å²) in [5, 5.41) is 2.77. The molecular weight excluding hydrogens is 232 g/mol. The van der Waals surface area contributed by atoms with Crippen molar-refractivity contribution in [1.29, 1.82) is 0 Å². The van der Waals surface area contributed by atoms with Crippen LogP contribution in [0.25, 0.3) is 0 Å².